The monoisotopic (exact) mass is 352 g/mol. The van der Waals surface area contributed by atoms with Gasteiger partial charge >= 0.3 is 5.97 Å². The molecule has 0 spiro atoms. The van der Waals surface area contributed by atoms with Gasteiger partial charge in [-0.25, -0.2) is 9.18 Å². The van der Waals surface area contributed by atoms with Gasteiger partial charge in [-0.15, -0.1) is 0 Å². The summed E-state index contributed by atoms with van der Waals surface area (Å²) in [5, 5.41) is 0. The first-order valence-electron chi connectivity index (χ1n) is 6.19. The molecule has 1 heterocycles. The van der Waals surface area contributed by atoms with E-state index in [-0.39, 0.29) is 12.4 Å². The molecule has 0 radical (unpaired) electrons. The molecule has 21 heavy (non-hydrogen) atoms. The Labute approximate surface area is 128 Å². The molecule has 6 heteroatoms. The standard InChI is InChI=1S/C15H10BrFO4/c16-9-5-6-11(10(17)7-9)21-15(18)14-8-19-12-3-1-2-4-13(12)20-14/h1-7,14H,8H2/t14-/m0/s1. The number of hydrogen-bond acceptors (Lipinski definition) is 4. The highest BCUT2D eigenvalue weighted by Gasteiger charge is 2.29. The third-order valence-corrected chi connectivity index (χ3v) is 3.37. The van der Waals surface area contributed by atoms with Gasteiger partial charge in [-0.3, -0.25) is 0 Å². The highest BCUT2D eigenvalue weighted by Crippen LogP contribution is 2.31. The number of benzene rings is 2. The van der Waals surface area contributed by atoms with E-state index in [1.807, 2.05) is 0 Å². The Balaban J connectivity index is 1.72. The molecule has 0 aliphatic carbocycles. The van der Waals surface area contributed by atoms with Gasteiger partial charge in [0.1, 0.15) is 6.61 Å². The van der Waals surface area contributed by atoms with Crippen molar-refractivity contribution in [1.29, 1.82) is 0 Å². The fourth-order valence-electron chi connectivity index (χ4n) is 1.87. The Hall–Kier alpha value is -2.08. The molecule has 0 N–H and O–H groups in total. The topological polar surface area (TPSA) is 44.8 Å². The second-order valence-electron chi connectivity index (χ2n) is 4.36. The quantitative estimate of drug-likeness (QED) is 0.614. The first kappa shape index (κ1) is 13.9. The third kappa shape index (κ3) is 3.00. The maximum atomic E-state index is 13.6. The Morgan fingerprint density at radius 2 is 2.00 bits per heavy atom. The van der Waals surface area contributed by atoms with Crippen molar-refractivity contribution in [2.24, 2.45) is 0 Å². The van der Waals surface area contributed by atoms with Crippen LogP contribution >= 0.6 is 15.9 Å². The normalized spacial score (nSPS) is 16.4. The van der Waals surface area contributed by atoms with Crippen molar-refractivity contribution in [1.82, 2.24) is 0 Å². The zero-order valence-corrected chi connectivity index (χ0v) is 12.3. The number of hydrogen-bond donors (Lipinski definition) is 0. The molecule has 2 aromatic rings. The number of carbonyl (C=O) groups excluding carboxylic acids is 1. The van der Waals surface area contributed by atoms with Gasteiger partial charge in [-0.1, -0.05) is 28.1 Å². The summed E-state index contributed by atoms with van der Waals surface area (Å²) in [5.41, 5.74) is 0. The molecule has 0 saturated carbocycles. The van der Waals surface area contributed by atoms with E-state index in [0.29, 0.717) is 16.0 Å². The van der Waals surface area contributed by atoms with E-state index in [0.717, 1.165) is 0 Å². The summed E-state index contributed by atoms with van der Waals surface area (Å²) in [6.07, 6.45) is -0.928. The van der Waals surface area contributed by atoms with Crippen molar-refractivity contribution in [2.45, 2.75) is 6.10 Å². The van der Waals surface area contributed by atoms with Crippen molar-refractivity contribution in [3.63, 3.8) is 0 Å². The molecule has 3 rings (SSSR count). The highest BCUT2D eigenvalue weighted by atomic mass is 79.9. The number of carbonyl (C=O) groups is 1. The van der Waals surface area contributed by atoms with Gasteiger partial charge in [0.05, 0.1) is 0 Å². The van der Waals surface area contributed by atoms with E-state index in [4.69, 9.17) is 14.2 Å². The van der Waals surface area contributed by atoms with Crippen molar-refractivity contribution < 1.29 is 23.4 Å². The van der Waals surface area contributed by atoms with Crippen LogP contribution in [0.2, 0.25) is 0 Å². The molecule has 0 amide bonds. The Morgan fingerprint density at radius 3 is 2.76 bits per heavy atom. The summed E-state index contributed by atoms with van der Waals surface area (Å²) >= 11 is 3.13. The van der Waals surface area contributed by atoms with Crippen LogP contribution < -0.4 is 14.2 Å². The first-order chi connectivity index (χ1) is 10.1. The minimum Gasteiger partial charge on any atom is -0.485 e. The maximum Gasteiger partial charge on any atom is 0.356 e. The molecular weight excluding hydrogens is 343 g/mol. The number of rotatable bonds is 2. The van der Waals surface area contributed by atoms with Gasteiger partial charge in [-0.05, 0) is 30.3 Å². The van der Waals surface area contributed by atoms with Crippen LogP contribution in [0.3, 0.4) is 0 Å². The van der Waals surface area contributed by atoms with Crippen LogP contribution in [0.1, 0.15) is 0 Å². The minimum absolute atomic E-state index is 0.0218. The van der Waals surface area contributed by atoms with E-state index in [1.54, 1.807) is 30.3 Å². The summed E-state index contributed by atoms with van der Waals surface area (Å²) in [5.74, 6) is -0.454. The van der Waals surface area contributed by atoms with Crippen LogP contribution in [0, 0.1) is 5.82 Å². The summed E-state index contributed by atoms with van der Waals surface area (Å²) in [4.78, 5) is 12.0. The zero-order valence-electron chi connectivity index (χ0n) is 10.7. The van der Waals surface area contributed by atoms with Crippen LogP contribution in [0.15, 0.2) is 46.9 Å². The van der Waals surface area contributed by atoms with Crippen molar-refractivity contribution in [3.8, 4) is 17.2 Å². The SMILES string of the molecule is O=C(Oc1ccc(Br)cc1F)[C@@H]1COc2ccccc2O1. The number of para-hydroxylation sites is 2. The Bertz CT molecular complexity index is 689. The van der Waals surface area contributed by atoms with Gasteiger partial charge in [0.25, 0.3) is 0 Å². The molecule has 0 fully saturated rings. The Morgan fingerprint density at radius 1 is 1.24 bits per heavy atom. The van der Waals surface area contributed by atoms with Crippen LogP contribution in [-0.2, 0) is 4.79 Å². The largest absolute Gasteiger partial charge is 0.485 e. The highest BCUT2D eigenvalue weighted by molar-refractivity contribution is 9.10. The average Bonchev–Trinajstić information content (AvgIpc) is 2.49. The smallest absolute Gasteiger partial charge is 0.356 e. The third-order valence-electron chi connectivity index (χ3n) is 2.88. The van der Waals surface area contributed by atoms with E-state index in [1.165, 1.54) is 12.1 Å². The van der Waals surface area contributed by atoms with Crippen LogP contribution in [0.25, 0.3) is 0 Å². The molecule has 1 atom stereocenters. The van der Waals surface area contributed by atoms with Crippen molar-refractivity contribution >= 4 is 21.9 Å². The predicted molar refractivity (Wildman–Crippen MR) is 76.1 cm³/mol. The zero-order chi connectivity index (χ0) is 14.8. The summed E-state index contributed by atoms with van der Waals surface area (Å²) in [6.45, 7) is 0.0218. The molecule has 0 unspecified atom stereocenters. The summed E-state index contributed by atoms with van der Waals surface area (Å²) in [6, 6.07) is 11.2. The Kier molecular flexibility index (Phi) is 3.79. The number of esters is 1. The lowest BCUT2D eigenvalue weighted by molar-refractivity contribution is -0.144. The molecule has 0 aromatic heterocycles. The fraction of sp³-hybridized carbons (Fsp3) is 0.133. The lowest BCUT2D eigenvalue weighted by atomic mass is 10.2. The van der Waals surface area contributed by atoms with Crippen LogP contribution in [0.5, 0.6) is 17.2 Å². The lowest BCUT2D eigenvalue weighted by Gasteiger charge is -2.24. The van der Waals surface area contributed by atoms with Crippen LogP contribution in [-0.4, -0.2) is 18.7 Å². The van der Waals surface area contributed by atoms with Gasteiger partial charge in [0.15, 0.2) is 23.1 Å². The predicted octanol–water partition coefficient (Wildman–Crippen LogP) is 3.33. The number of fused-ring (bicyclic) bond motifs is 1. The summed E-state index contributed by atoms with van der Waals surface area (Å²) < 4.78 is 30.1. The molecule has 4 nitrogen and oxygen atoms in total. The van der Waals surface area contributed by atoms with E-state index in [9.17, 15) is 9.18 Å². The molecule has 0 saturated heterocycles. The van der Waals surface area contributed by atoms with E-state index in [2.05, 4.69) is 15.9 Å². The van der Waals surface area contributed by atoms with E-state index < -0.39 is 17.9 Å². The fourth-order valence-corrected chi connectivity index (χ4v) is 2.20. The first-order valence-corrected chi connectivity index (χ1v) is 6.98. The number of halogens is 2. The molecule has 108 valence electrons. The molecule has 0 bridgehead atoms. The molecule has 2 aromatic carbocycles. The van der Waals surface area contributed by atoms with Gasteiger partial charge < -0.3 is 14.2 Å². The second kappa shape index (κ2) is 5.73. The number of ether oxygens (including phenoxy) is 3. The van der Waals surface area contributed by atoms with Gasteiger partial charge in [0, 0.05) is 4.47 Å². The van der Waals surface area contributed by atoms with Crippen molar-refractivity contribution in [3.05, 3.63) is 52.8 Å². The average molecular weight is 353 g/mol. The molecule has 1 aliphatic heterocycles. The molecule has 1 aliphatic rings. The lowest BCUT2D eigenvalue weighted by Crippen LogP contribution is -2.39. The van der Waals surface area contributed by atoms with Crippen molar-refractivity contribution in [2.75, 3.05) is 6.61 Å². The maximum absolute atomic E-state index is 13.6. The molecular formula is C15H10BrFO4. The van der Waals surface area contributed by atoms with Crippen LogP contribution in [0.4, 0.5) is 4.39 Å². The van der Waals surface area contributed by atoms with Gasteiger partial charge in [0.2, 0.25) is 6.10 Å². The van der Waals surface area contributed by atoms with E-state index >= 15 is 0 Å². The van der Waals surface area contributed by atoms with Gasteiger partial charge in [-0.2, -0.15) is 0 Å². The minimum atomic E-state index is -0.928. The summed E-state index contributed by atoms with van der Waals surface area (Å²) in [7, 11) is 0. The second-order valence-corrected chi connectivity index (χ2v) is 5.28.